The predicted molar refractivity (Wildman–Crippen MR) is 82.6 cm³/mol. The zero-order valence-electron chi connectivity index (χ0n) is 12.9. The van der Waals surface area contributed by atoms with E-state index in [0.717, 1.165) is 68.0 Å². The van der Waals surface area contributed by atoms with Gasteiger partial charge in [-0.3, -0.25) is 4.79 Å². The van der Waals surface area contributed by atoms with E-state index in [-0.39, 0.29) is 11.9 Å². The molecule has 120 valence electrons. The highest BCUT2D eigenvalue weighted by atomic mass is 16.1. The van der Waals surface area contributed by atoms with E-state index in [4.69, 9.17) is 5.73 Å². The Hall–Kier alpha value is -2.51. The molecule has 0 fully saturated rings. The van der Waals surface area contributed by atoms with Crippen LogP contribution in [0.3, 0.4) is 0 Å². The second kappa shape index (κ2) is 5.60. The molecule has 2 aliphatic rings. The zero-order valence-corrected chi connectivity index (χ0v) is 12.9. The van der Waals surface area contributed by atoms with Crippen molar-refractivity contribution >= 4 is 11.9 Å². The van der Waals surface area contributed by atoms with Crippen molar-refractivity contribution in [2.45, 2.75) is 51.6 Å². The van der Waals surface area contributed by atoms with Gasteiger partial charge in [-0.15, -0.1) is 10.2 Å². The molecule has 1 amide bonds. The number of nitrogens with one attached hydrogen (secondary N) is 1. The van der Waals surface area contributed by atoms with Crippen LogP contribution in [0.15, 0.2) is 0 Å². The third-order valence-corrected chi connectivity index (χ3v) is 4.51. The summed E-state index contributed by atoms with van der Waals surface area (Å²) in [7, 11) is 0. The Morgan fingerprint density at radius 3 is 2.91 bits per heavy atom. The molecule has 3 heterocycles. The first-order valence-corrected chi connectivity index (χ1v) is 8.07. The predicted octanol–water partition coefficient (Wildman–Crippen LogP) is 0.405. The van der Waals surface area contributed by atoms with Crippen molar-refractivity contribution in [3.8, 4) is 0 Å². The molecular formula is C15H19N7O. The van der Waals surface area contributed by atoms with Crippen molar-refractivity contribution < 1.29 is 4.79 Å². The highest BCUT2D eigenvalue weighted by Gasteiger charge is 2.23. The smallest absolute Gasteiger partial charge is 0.270 e. The van der Waals surface area contributed by atoms with Crippen LogP contribution in [0.5, 0.6) is 0 Å². The molecule has 0 bridgehead atoms. The number of hydrogen-bond acceptors (Lipinski definition) is 6. The molecule has 0 saturated heterocycles. The number of hydrogen-bond donors (Lipinski definition) is 2. The fourth-order valence-corrected chi connectivity index (χ4v) is 3.39. The molecule has 2 aromatic heterocycles. The molecule has 1 aliphatic carbocycles. The second-order valence-electron chi connectivity index (χ2n) is 6.03. The Bertz CT molecular complexity index is 767. The minimum absolute atomic E-state index is 0.166. The fourth-order valence-electron chi connectivity index (χ4n) is 3.39. The molecule has 8 nitrogen and oxygen atoms in total. The molecule has 0 saturated carbocycles. The highest BCUT2D eigenvalue weighted by Crippen LogP contribution is 2.23. The van der Waals surface area contributed by atoms with Crippen LogP contribution in [0.4, 0.5) is 5.95 Å². The number of rotatable bonds is 3. The molecule has 0 atom stereocenters. The number of nitrogens with zero attached hydrogens (tertiary/aromatic N) is 5. The maximum absolute atomic E-state index is 12.5. The first-order chi connectivity index (χ1) is 11.2. The van der Waals surface area contributed by atoms with Gasteiger partial charge in [-0.25, -0.2) is 9.97 Å². The molecule has 0 aromatic carbocycles. The van der Waals surface area contributed by atoms with Gasteiger partial charge < -0.3 is 15.6 Å². The number of nitrogen functional groups attached to an aromatic ring is 1. The van der Waals surface area contributed by atoms with Gasteiger partial charge in [0.15, 0.2) is 5.82 Å². The molecular weight excluding hydrogens is 294 g/mol. The average molecular weight is 313 g/mol. The summed E-state index contributed by atoms with van der Waals surface area (Å²) in [6.45, 7) is 1.27. The van der Waals surface area contributed by atoms with E-state index in [0.29, 0.717) is 12.2 Å². The van der Waals surface area contributed by atoms with Crippen LogP contribution in [-0.4, -0.2) is 30.6 Å². The summed E-state index contributed by atoms with van der Waals surface area (Å²) in [5.74, 6) is 1.74. The second-order valence-corrected chi connectivity index (χ2v) is 6.03. The van der Waals surface area contributed by atoms with Gasteiger partial charge >= 0.3 is 0 Å². The number of amides is 1. The lowest BCUT2D eigenvalue weighted by molar-refractivity contribution is 0.0943. The molecule has 0 spiro atoms. The van der Waals surface area contributed by atoms with E-state index in [1.807, 2.05) is 0 Å². The number of nitrogens with two attached hydrogens (primary N) is 1. The molecule has 4 rings (SSSR count). The van der Waals surface area contributed by atoms with Crippen molar-refractivity contribution in [1.29, 1.82) is 0 Å². The molecule has 1 aliphatic heterocycles. The van der Waals surface area contributed by atoms with Crippen LogP contribution in [0.1, 0.15) is 52.7 Å². The van der Waals surface area contributed by atoms with Crippen molar-refractivity contribution in [3.63, 3.8) is 0 Å². The Balaban J connectivity index is 1.54. The molecule has 0 radical (unpaired) electrons. The van der Waals surface area contributed by atoms with Gasteiger partial charge in [-0.05, 0) is 32.1 Å². The SMILES string of the molecule is Nc1nc2c(c(C(=O)NCc3nnc4n3CCC4)n1)CCCC2. The third-order valence-electron chi connectivity index (χ3n) is 4.51. The number of carbonyl (C=O) groups excluding carboxylic acids is 1. The van der Waals surface area contributed by atoms with E-state index < -0.39 is 0 Å². The number of anilines is 1. The van der Waals surface area contributed by atoms with Crippen LogP contribution < -0.4 is 11.1 Å². The molecule has 0 unspecified atom stereocenters. The van der Waals surface area contributed by atoms with E-state index in [2.05, 4.69) is 30.0 Å². The van der Waals surface area contributed by atoms with Crippen molar-refractivity contribution in [3.05, 3.63) is 28.6 Å². The highest BCUT2D eigenvalue weighted by molar-refractivity contribution is 5.94. The van der Waals surface area contributed by atoms with Gasteiger partial charge in [0.1, 0.15) is 11.5 Å². The maximum atomic E-state index is 12.5. The summed E-state index contributed by atoms with van der Waals surface area (Å²) in [5.41, 5.74) is 8.02. The van der Waals surface area contributed by atoms with E-state index >= 15 is 0 Å². The summed E-state index contributed by atoms with van der Waals surface area (Å²) in [6.07, 6.45) is 5.87. The summed E-state index contributed by atoms with van der Waals surface area (Å²) in [6, 6.07) is 0. The van der Waals surface area contributed by atoms with E-state index in [1.165, 1.54) is 0 Å². The largest absolute Gasteiger partial charge is 0.368 e. The third kappa shape index (κ3) is 2.54. The normalized spacial score (nSPS) is 16.0. The van der Waals surface area contributed by atoms with Gasteiger partial charge in [0.05, 0.1) is 6.54 Å². The van der Waals surface area contributed by atoms with Crippen molar-refractivity contribution in [1.82, 2.24) is 30.0 Å². The topological polar surface area (TPSA) is 112 Å². The minimum atomic E-state index is -0.215. The summed E-state index contributed by atoms with van der Waals surface area (Å²) in [5, 5.41) is 11.2. The minimum Gasteiger partial charge on any atom is -0.368 e. The first-order valence-electron chi connectivity index (χ1n) is 8.07. The van der Waals surface area contributed by atoms with Crippen molar-refractivity contribution in [2.75, 3.05) is 5.73 Å². The zero-order chi connectivity index (χ0) is 15.8. The lowest BCUT2D eigenvalue weighted by Crippen LogP contribution is -2.28. The molecule has 8 heteroatoms. The number of aromatic nitrogens is 5. The fraction of sp³-hybridized carbons (Fsp3) is 0.533. The lowest BCUT2D eigenvalue weighted by atomic mass is 9.94. The van der Waals surface area contributed by atoms with Crippen molar-refractivity contribution in [2.24, 2.45) is 0 Å². The molecule has 2 aromatic rings. The Labute approximate surface area is 133 Å². The van der Waals surface area contributed by atoms with Crippen LogP contribution in [0.2, 0.25) is 0 Å². The van der Waals surface area contributed by atoms with Gasteiger partial charge in [0.25, 0.3) is 5.91 Å². The monoisotopic (exact) mass is 313 g/mol. The average Bonchev–Trinajstić information content (AvgIpc) is 3.15. The number of fused-ring (bicyclic) bond motifs is 2. The first kappa shape index (κ1) is 14.1. The summed E-state index contributed by atoms with van der Waals surface area (Å²) in [4.78, 5) is 21.0. The van der Waals surface area contributed by atoms with Crippen LogP contribution in [0.25, 0.3) is 0 Å². The Morgan fingerprint density at radius 2 is 2.00 bits per heavy atom. The Morgan fingerprint density at radius 1 is 1.13 bits per heavy atom. The molecule has 3 N–H and O–H groups in total. The van der Waals surface area contributed by atoms with Gasteiger partial charge in [-0.2, -0.15) is 0 Å². The van der Waals surface area contributed by atoms with Crippen LogP contribution in [-0.2, 0) is 32.4 Å². The van der Waals surface area contributed by atoms with Crippen LogP contribution in [0, 0.1) is 0 Å². The molecule has 23 heavy (non-hydrogen) atoms. The van der Waals surface area contributed by atoms with E-state index in [1.54, 1.807) is 0 Å². The number of aryl methyl sites for hydroxylation is 2. The summed E-state index contributed by atoms with van der Waals surface area (Å²) >= 11 is 0. The Kier molecular flexibility index (Phi) is 3.44. The van der Waals surface area contributed by atoms with Crippen LogP contribution >= 0.6 is 0 Å². The van der Waals surface area contributed by atoms with Gasteiger partial charge in [-0.1, -0.05) is 0 Å². The summed E-state index contributed by atoms with van der Waals surface area (Å²) < 4.78 is 2.07. The van der Waals surface area contributed by atoms with E-state index in [9.17, 15) is 4.79 Å². The van der Waals surface area contributed by atoms with Gasteiger partial charge in [0.2, 0.25) is 5.95 Å². The van der Waals surface area contributed by atoms with Gasteiger partial charge in [0, 0.05) is 24.2 Å². The number of carbonyl (C=O) groups is 1. The lowest BCUT2D eigenvalue weighted by Gasteiger charge is -2.17. The standard InChI is InChI=1S/C15H19N7O/c16-15-18-10-5-2-1-4-9(10)13(19-15)14(23)17-8-12-21-20-11-6-3-7-22(11)12/h1-8H2,(H,17,23)(H2,16,18,19). The quantitative estimate of drug-likeness (QED) is 0.848. The maximum Gasteiger partial charge on any atom is 0.270 e.